The van der Waals surface area contributed by atoms with Gasteiger partial charge in [-0.1, -0.05) is 24.3 Å². The molecule has 4 N–H and O–H groups in total. The lowest BCUT2D eigenvalue weighted by Crippen LogP contribution is -2.32. The van der Waals surface area contributed by atoms with Gasteiger partial charge in [-0.25, -0.2) is 4.98 Å². The fourth-order valence-electron chi connectivity index (χ4n) is 2.56. The van der Waals surface area contributed by atoms with Gasteiger partial charge in [0.2, 0.25) is 11.8 Å². The lowest BCUT2D eigenvalue weighted by atomic mass is 10.2. The smallest absolute Gasteiger partial charge is 0.272 e. The van der Waals surface area contributed by atoms with Gasteiger partial charge >= 0.3 is 0 Å². The van der Waals surface area contributed by atoms with Crippen LogP contribution in [-0.2, 0) is 9.59 Å². The number of para-hydroxylation sites is 1. The van der Waals surface area contributed by atoms with Gasteiger partial charge in [-0.3, -0.25) is 19.5 Å². The number of anilines is 1. The van der Waals surface area contributed by atoms with E-state index in [0.29, 0.717) is 11.5 Å². The second-order valence-electron chi connectivity index (χ2n) is 5.99. The van der Waals surface area contributed by atoms with Crippen LogP contribution in [0.3, 0.4) is 0 Å². The SMILES string of the molecule is O=C(CCNC(=O)c1n[nH]c2ccccc12)NCCC(=O)Nc1ccccn1. The number of fused-ring (bicyclic) bond motifs is 1. The van der Waals surface area contributed by atoms with E-state index in [-0.39, 0.29) is 43.7 Å². The number of amides is 3. The minimum absolute atomic E-state index is 0.107. The Balaban J connectivity index is 1.34. The van der Waals surface area contributed by atoms with Crippen molar-refractivity contribution in [3.8, 4) is 0 Å². The van der Waals surface area contributed by atoms with Crippen molar-refractivity contribution in [3.05, 3.63) is 54.4 Å². The van der Waals surface area contributed by atoms with Gasteiger partial charge in [0.1, 0.15) is 5.82 Å². The zero-order valence-electron chi connectivity index (χ0n) is 15.1. The summed E-state index contributed by atoms with van der Waals surface area (Å²) in [5.41, 5.74) is 1.07. The van der Waals surface area contributed by atoms with E-state index in [2.05, 4.69) is 31.1 Å². The molecule has 28 heavy (non-hydrogen) atoms. The molecule has 0 radical (unpaired) electrons. The number of aromatic amines is 1. The normalized spacial score (nSPS) is 10.4. The van der Waals surface area contributed by atoms with Crippen LogP contribution in [-0.4, -0.2) is 46.0 Å². The first-order valence-corrected chi connectivity index (χ1v) is 8.82. The Hall–Kier alpha value is -3.75. The molecule has 3 rings (SSSR count). The summed E-state index contributed by atoms with van der Waals surface area (Å²) in [5.74, 6) is -0.372. The predicted octanol–water partition coefficient (Wildman–Crippen LogP) is 1.22. The Morgan fingerprint density at radius 1 is 0.893 bits per heavy atom. The van der Waals surface area contributed by atoms with Crippen LogP contribution < -0.4 is 16.0 Å². The second kappa shape index (κ2) is 9.26. The van der Waals surface area contributed by atoms with Crippen LogP contribution in [0.4, 0.5) is 5.82 Å². The average Bonchev–Trinajstić information content (AvgIpc) is 3.13. The zero-order valence-corrected chi connectivity index (χ0v) is 15.1. The summed E-state index contributed by atoms with van der Waals surface area (Å²) >= 11 is 0. The lowest BCUT2D eigenvalue weighted by molar-refractivity contribution is -0.121. The van der Waals surface area contributed by atoms with E-state index in [1.54, 1.807) is 30.5 Å². The maximum Gasteiger partial charge on any atom is 0.272 e. The molecule has 3 aromatic rings. The summed E-state index contributed by atoms with van der Waals surface area (Å²) in [6.07, 6.45) is 1.82. The Morgan fingerprint density at radius 2 is 1.64 bits per heavy atom. The highest BCUT2D eigenvalue weighted by Crippen LogP contribution is 2.14. The van der Waals surface area contributed by atoms with Crippen molar-refractivity contribution in [2.75, 3.05) is 18.4 Å². The molecule has 144 valence electrons. The molecule has 0 unspecified atom stereocenters. The Kier molecular flexibility index (Phi) is 6.29. The molecule has 0 saturated carbocycles. The molecule has 0 saturated heterocycles. The molecule has 0 aliphatic heterocycles. The number of pyridine rings is 1. The molecule has 9 heteroatoms. The fraction of sp³-hybridized carbons (Fsp3) is 0.211. The van der Waals surface area contributed by atoms with Crippen LogP contribution in [0, 0.1) is 0 Å². The van der Waals surface area contributed by atoms with Gasteiger partial charge in [0.05, 0.1) is 5.52 Å². The van der Waals surface area contributed by atoms with Gasteiger partial charge in [0.25, 0.3) is 5.91 Å². The number of carbonyl (C=O) groups is 3. The van der Waals surface area contributed by atoms with Crippen LogP contribution in [0.25, 0.3) is 10.9 Å². The van der Waals surface area contributed by atoms with Crippen molar-refractivity contribution < 1.29 is 14.4 Å². The van der Waals surface area contributed by atoms with Crippen molar-refractivity contribution in [1.29, 1.82) is 0 Å². The van der Waals surface area contributed by atoms with Gasteiger partial charge < -0.3 is 16.0 Å². The topological polar surface area (TPSA) is 129 Å². The van der Waals surface area contributed by atoms with E-state index in [0.717, 1.165) is 10.9 Å². The van der Waals surface area contributed by atoms with Gasteiger partial charge in [-0.05, 0) is 18.2 Å². The number of nitrogens with zero attached hydrogens (tertiary/aromatic N) is 2. The molecule has 0 atom stereocenters. The van der Waals surface area contributed by atoms with Crippen molar-refractivity contribution in [1.82, 2.24) is 25.8 Å². The summed E-state index contributed by atoms with van der Waals surface area (Å²) in [7, 11) is 0. The quantitative estimate of drug-likeness (QED) is 0.467. The third kappa shape index (κ3) is 5.13. The molecule has 9 nitrogen and oxygen atoms in total. The highest BCUT2D eigenvalue weighted by Gasteiger charge is 2.13. The van der Waals surface area contributed by atoms with Crippen LogP contribution in [0.5, 0.6) is 0 Å². The molecular weight excluding hydrogens is 360 g/mol. The maximum atomic E-state index is 12.2. The standard InChI is InChI=1S/C19H20N6O3/c26-16(21-11-9-17(27)23-15-7-3-4-10-20-15)8-12-22-19(28)18-13-5-1-2-6-14(13)24-25-18/h1-7,10H,8-9,11-12H2,(H,21,26)(H,22,28)(H,24,25)(H,20,23,27). The number of carbonyl (C=O) groups excluding carboxylic acids is 3. The van der Waals surface area contributed by atoms with Crippen molar-refractivity contribution >= 4 is 34.4 Å². The Bertz CT molecular complexity index is 970. The number of rotatable bonds is 8. The summed E-state index contributed by atoms with van der Waals surface area (Å²) in [6, 6.07) is 12.5. The van der Waals surface area contributed by atoms with E-state index in [1.165, 1.54) is 0 Å². The molecule has 1 aromatic carbocycles. The second-order valence-corrected chi connectivity index (χ2v) is 5.99. The summed E-state index contributed by atoms with van der Waals surface area (Å²) < 4.78 is 0. The molecule has 2 aromatic heterocycles. The van der Waals surface area contributed by atoms with Crippen LogP contribution in [0.15, 0.2) is 48.7 Å². The Labute approximate surface area is 160 Å². The number of nitrogens with one attached hydrogen (secondary N) is 4. The monoisotopic (exact) mass is 380 g/mol. The van der Waals surface area contributed by atoms with Crippen LogP contribution >= 0.6 is 0 Å². The number of hydrogen-bond acceptors (Lipinski definition) is 5. The molecule has 0 bridgehead atoms. The average molecular weight is 380 g/mol. The number of H-pyrrole nitrogens is 1. The highest BCUT2D eigenvalue weighted by atomic mass is 16.2. The largest absolute Gasteiger partial charge is 0.356 e. The van der Waals surface area contributed by atoms with Gasteiger partial charge in [0.15, 0.2) is 5.69 Å². The van der Waals surface area contributed by atoms with Gasteiger partial charge in [-0.2, -0.15) is 5.10 Å². The first-order chi connectivity index (χ1) is 13.6. The maximum absolute atomic E-state index is 12.2. The van der Waals surface area contributed by atoms with Gasteiger partial charge in [-0.15, -0.1) is 0 Å². The molecule has 0 fully saturated rings. The van der Waals surface area contributed by atoms with Crippen molar-refractivity contribution in [3.63, 3.8) is 0 Å². The van der Waals surface area contributed by atoms with E-state index < -0.39 is 0 Å². The Morgan fingerprint density at radius 3 is 2.46 bits per heavy atom. The molecule has 2 heterocycles. The highest BCUT2D eigenvalue weighted by molar-refractivity contribution is 6.04. The van der Waals surface area contributed by atoms with E-state index >= 15 is 0 Å². The van der Waals surface area contributed by atoms with Crippen LogP contribution in [0.2, 0.25) is 0 Å². The number of hydrogen-bond donors (Lipinski definition) is 4. The lowest BCUT2D eigenvalue weighted by Gasteiger charge is -2.07. The molecule has 3 amide bonds. The minimum atomic E-state index is -0.347. The van der Waals surface area contributed by atoms with E-state index in [1.807, 2.05) is 18.2 Å². The van der Waals surface area contributed by atoms with Crippen molar-refractivity contribution in [2.24, 2.45) is 0 Å². The third-order valence-electron chi connectivity index (χ3n) is 3.93. The summed E-state index contributed by atoms with van der Waals surface area (Å²) in [6.45, 7) is 0.376. The third-order valence-corrected chi connectivity index (χ3v) is 3.93. The first-order valence-electron chi connectivity index (χ1n) is 8.82. The predicted molar refractivity (Wildman–Crippen MR) is 104 cm³/mol. The van der Waals surface area contributed by atoms with Crippen molar-refractivity contribution in [2.45, 2.75) is 12.8 Å². The summed E-state index contributed by atoms with van der Waals surface area (Å²) in [4.78, 5) is 39.8. The number of benzene rings is 1. The molecule has 0 aliphatic rings. The molecule has 0 spiro atoms. The molecule has 0 aliphatic carbocycles. The van der Waals surface area contributed by atoms with Crippen LogP contribution in [0.1, 0.15) is 23.3 Å². The fourth-order valence-corrected chi connectivity index (χ4v) is 2.56. The van der Waals surface area contributed by atoms with Gasteiger partial charge in [0, 0.05) is 37.5 Å². The minimum Gasteiger partial charge on any atom is -0.356 e. The van der Waals surface area contributed by atoms with E-state index in [9.17, 15) is 14.4 Å². The van der Waals surface area contributed by atoms with E-state index in [4.69, 9.17) is 0 Å². The first kappa shape index (κ1) is 19.0. The number of aromatic nitrogens is 3. The zero-order chi connectivity index (χ0) is 19.8. The summed E-state index contributed by atoms with van der Waals surface area (Å²) in [5, 5.41) is 15.5. The molecular formula is C19H20N6O3.